The third kappa shape index (κ3) is 4.89. The van der Waals surface area contributed by atoms with Crippen LogP contribution in [0.15, 0.2) is 38.9 Å². The number of aromatic nitrogens is 6. The molecule has 0 saturated carbocycles. The lowest BCUT2D eigenvalue weighted by Gasteiger charge is -2.25. The molecule has 0 bridgehead atoms. The van der Waals surface area contributed by atoms with Gasteiger partial charge in [-0.1, -0.05) is 43.3 Å². The van der Waals surface area contributed by atoms with Gasteiger partial charge in [-0.25, -0.2) is 19.7 Å². The van der Waals surface area contributed by atoms with Crippen LogP contribution in [0.2, 0.25) is 0 Å². The predicted molar refractivity (Wildman–Crippen MR) is 136 cm³/mol. The van der Waals surface area contributed by atoms with Crippen molar-refractivity contribution in [3.05, 3.63) is 56.8 Å². The molecule has 11 heteroatoms. The van der Waals surface area contributed by atoms with Gasteiger partial charge in [0.1, 0.15) is 16.7 Å². The van der Waals surface area contributed by atoms with Gasteiger partial charge in [-0.05, 0) is 12.5 Å². The zero-order valence-corrected chi connectivity index (χ0v) is 20.8. The minimum absolute atomic E-state index is 0.413. The molecule has 1 saturated heterocycles. The lowest BCUT2D eigenvalue weighted by Crippen LogP contribution is -2.36. The normalized spacial score (nSPS) is 14.8. The van der Waals surface area contributed by atoms with Crippen LogP contribution in [0.25, 0.3) is 22.1 Å². The molecule has 1 aliphatic rings. The number of rotatable bonds is 8. The Hall–Kier alpha value is -3.02. The van der Waals surface area contributed by atoms with Crippen molar-refractivity contribution in [3.8, 4) is 0 Å². The van der Waals surface area contributed by atoms with Crippen LogP contribution in [0.4, 0.5) is 0 Å². The molecule has 35 heavy (non-hydrogen) atoms. The van der Waals surface area contributed by atoms with Crippen LogP contribution in [0, 0.1) is 0 Å². The van der Waals surface area contributed by atoms with Gasteiger partial charge in [0.05, 0.1) is 31.0 Å². The Bertz CT molecular complexity index is 1470. The van der Waals surface area contributed by atoms with Crippen LogP contribution in [-0.4, -0.2) is 60.3 Å². The molecule has 0 spiro atoms. The first-order valence-corrected chi connectivity index (χ1v) is 12.9. The van der Waals surface area contributed by atoms with E-state index in [9.17, 15) is 9.59 Å². The van der Waals surface area contributed by atoms with Crippen molar-refractivity contribution in [1.29, 1.82) is 0 Å². The number of thioether (sulfide) groups is 1. The van der Waals surface area contributed by atoms with E-state index >= 15 is 0 Å². The number of hydrogen-bond acceptors (Lipinski definition) is 8. The number of imidazole rings is 1. The quantitative estimate of drug-likeness (QED) is 0.293. The Morgan fingerprint density at radius 3 is 2.71 bits per heavy atom. The zero-order chi connectivity index (χ0) is 24.4. The summed E-state index contributed by atoms with van der Waals surface area (Å²) in [5.41, 5.74) is 0.929. The molecule has 4 heterocycles. The molecule has 0 atom stereocenters. The second kappa shape index (κ2) is 10.3. The molecule has 0 unspecified atom stereocenters. The van der Waals surface area contributed by atoms with Gasteiger partial charge in [0.2, 0.25) is 0 Å². The molecular formula is C24H29N7O3S. The summed E-state index contributed by atoms with van der Waals surface area (Å²) >= 11 is 1.57. The van der Waals surface area contributed by atoms with Gasteiger partial charge >= 0.3 is 5.69 Å². The van der Waals surface area contributed by atoms with Gasteiger partial charge in [0, 0.05) is 32.1 Å². The summed E-state index contributed by atoms with van der Waals surface area (Å²) in [5, 5.41) is 1.86. The number of fused-ring (bicyclic) bond motifs is 2. The number of morpholine rings is 1. The van der Waals surface area contributed by atoms with Crippen molar-refractivity contribution in [2.75, 3.05) is 26.3 Å². The highest BCUT2D eigenvalue weighted by Crippen LogP contribution is 2.28. The number of unbranched alkanes of at least 4 members (excludes halogenated alkanes) is 1. The fraction of sp³-hybridized carbons (Fsp3) is 0.458. The van der Waals surface area contributed by atoms with Crippen molar-refractivity contribution in [2.45, 2.75) is 43.6 Å². The number of hydrogen-bond donors (Lipinski definition) is 1. The number of nitrogens with one attached hydrogen (secondary N) is 1. The fourth-order valence-electron chi connectivity index (χ4n) is 4.31. The van der Waals surface area contributed by atoms with E-state index in [0.717, 1.165) is 60.9 Å². The number of ether oxygens (including phenoxy) is 1. The summed E-state index contributed by atoms with van der Waals surface area (Å²) in [5.74, 6) is 2.00. The largest absolute Gasteiger partial charge is 0.379 e. The molecule has 184 valence electrons. The van der Waals surface area contributed by atoms with Gasteiger partial charge in [0.25, 0.3) is 5.56 Å². The first-order chi connectivity index (χ1) is 17.0. The smallest absolute Gasteiger partial charge is 0.330 e. The van der Waals surface area contributed by atoms with Crippen LogP contribution in [-0.2, 0) is 30.6 Å². The third-order valence-corrected chi connectivity index (χ3v) is 7.25. The van der Waals surface area contributed by atoms with E-state index in [2.05, 4.69) is 16.8 Å². The van der Waals surface area contributed by atoms with Crippen molar-refractivity contribution in [2.24, 2.45) is 7.05 Å². The SMILES string of the molecule is CCCCn1c(=O)[nH]c(=O)c2c1nc(CSc1nc(CN3CCOCC3)nc3ccccc13)n2C. The van der Waals surface area contributed by atoms with Crippen LogP contribution < -0.4 is 11.2 Å². The highest BCUT2D eigenvalue weighted by atomic mass is 32.2. The molecule has 4 aromatic rings. The topological polar surface area (TPSA) is 111 Å². The summed E-state index contributed by atoms with van der Waals surface area (Å²) in [6.07, 6.45) is 1.77. The van der Waals surface area contributed by atoms with Crippen LogP contribution in [0.3, 0.4) is 0 Å². The Balaban J connectivity index is 1.47. The molecule has 10 nitrogen and oxygen atoms in total. The molecule has 1 fully saturated rings. The van der Waals surface area contributed by atoms with Gasteiger partial charge in [-0.3, -0.25) is 19.2 Å². The second-order valence-corrected chi connectivity index (χ2v) is 9.63. The fourth-order valence-corrected chi connectivity index (χ4v) is 5.33. The highest BCUT2D eigenvalue weighted by molar-refractivity contribution is 7.98. The van der Waals surface area contributed by atoms with E-state index < -0.39 is 11.2 Å². The minimum atomic E-state index is -0.414. The average molecular weight is 496 g/mol. The molecule has 1 aliphatic heterocycles. The molecule has 0 radical (unpaired) electrons. The molecule has 0 aliphatic carbocycles. The number of nitrogens with zero attached hydrogens (tertiary/aromatic N) is 6. The summed E-state index contributed by atoms with van der Waals surface area (Å²) in [7, 11) is 1.82. The lowest BCUT2D eigenvalue weighted by molar-refractivity contribution is 0.0330. The number of H-pyrrole nitrogens is 1. The zero-order valence-electron chi connectivity index (χ0n) is 20.0. The van der Waals surface area contributed by atoms with Gasteiger partial charge < -0.3 is 9.30 Å². The Morgan fingerprint density at radius 2 is 1.91 bits per heavy atom. The van der Waals surface area contributed by atoms with Gasteiger partial charge in [-0.15, -0.1) is 0 Å². The number of benzene rings is 1. The number of para-hydroxylation sites is 1. The minimum Gasteiger partial charge on any atom is -0.379 e. The molecule has 3 aromatic heterocycles. The van der Waals surface area contributed by atoms with Crippen molar-refractivity contribution >= 4 is 33.8 Å². The van der Waals surface area contributed by atoms with E-state index in [-0.39, 0.29) is 0 Å². The van der Waals surface area contributed by atoms with E-state index in [4.69, 9.17) is 19.7 Å². The monoisotopic (exact) mass is 495 g/mol. The Morgan fingerprint density at radius 1 is 1.11 bits per heavy atom. The first-order valence-electron chi connectivity index (χ1n) is 11.9. The first kappa shape index (κ1) is 23.7. The van der Waals surface area contributed by atoms with E-state index in [0.29, 0.717) is 35.8 Å². The Labute approximate surface area is 206 Å². The van der Waals surface area contributed by atoms with Crippen molar-refractivity contribution in [1.82, 2.24) is 34.0 Å². The van der Waals surface area contributed by atoms with E-state index in [1.54, 1.807) is 20.9 Å². The standard InChI is InChI=1S/C24H29N7O3S/c1-3-4-9-31-21-20(22(32)28-24(31)33)29(2)19(27-21)15-35-23-16-7-5-6-8-17(16)25-18(26-23)14-30-10-12-34-13-11-30/h5-8H,3-4,9-15H2,1-2H3,(H,28,32,33). The number of aryl methyl sites for hydroxylation is 2. The molecule has 0 amide bonds. The number of aromatic amines is 1. The summed E-state index contributed by atoms with van der Waals surface area (Å²) in [4.78, 5) is 44.1. The summed E-state index contributed by atoms with van der Waals surface area (Å²) < 4.78 is 8.80. The van der Waals surface area contributed by atoms with Crippen molar-refractivity contribution < 1.29 is 4.74 Å². The van der Waals surface area contributed by atoms with E-state index in [1.807, 2.05) is 31.3 Å². The van der Waals surface area contributed by atoms with Gasteiger partial charge in [0.15, 0.2) is 11.2 Å². The maximum Gasteiger partial charge on any atom is 0.330 e. The third-order valence-electron chi connectivity index (χ3n) is 6.26. The molecular weight excluding hydrogens is 466 g/mol. The maximum absolute atomic E-state index is 12.6. The molecule has 1 N–H and O–H groups in total. The lowest BCUT2D eigenvalue weighted by atomic mass is 10.2. The van der Waals surface area contributed by atoms with Crippen LogP contribution in [0.5, 0.6) is 0 Å². The maximum atomic E-state index is 12.6. The van der Waals surface area contributed by atoms with Crippen LogP contribution in [0.1, 0.15) is 31.4 Å². The average Bonchev–Trinajstić information content (AvgIpc) is 3.19. The predicted octanol–water partition coefficient (Wildman–Crippen LogP) is 2.29. The van der Waals surface area contributed by atoms with Crippen molar-refractivity contribution in [3.63, 3.8) is 0 Å². The van der Waals surface area contributed by atoms with Crippen LogP contribution >= 0.6 is 11.8 Å². The molecule has 1 aromatic carbocycles. The Kier molecular flexibility index (Phi) is 6.98. The van der Waals surface area contributed by atoms with Gasteiger partial charge in [-0.2, -0.15) is 0 Å². The summed E-state index contributed by atoms with van der Waals surface area (Å²) in [6.45, 7) is 6.45. The highest BCUT2D eigenvalue weighted by Gasteiger charge is 2.18. The summed E-state index contributed by atoms with van der Waals surface area (Å²) in [6, 6.07) is 8.00. The molecule has 5 rings (SSSR count). The van der Waals surface area contributed by atoms with E-state index in [1.165, 1.54) is 0 Å². The second-order valence-electron chi connectivity index (χ2n) is 8.66.